The van der Waals surface area contributed by atoms with E-state index in [-0.39, 0.29) is 24.8 Å². The predicted molar refractivity (Wildman–Crippen MR) is 106 cm³/mol. The minimum atomic E-state index is -4.40. The lowest BCUT2D eigenvalue weighted by molar-refractivity contribution is -0.137. The van der Waals surface area contributed by atoms with Crippen LogP contribution < -0.4 is 10.6 Å². The van der Waals surface area contributed by atoms with E-state index in [0.29, 0.717) is 30.2 Å². The number of benzene rings is 2. The van der Waals surface area contributed by atoms with Crippen LogP contribution in [0, 0.1) is 0 Å². The van der Waals surface area contributed by atoms with Crippen molar-refractivity contribution in [2.24, 2.45) is 0 Å². The van der Waals surface area contributed by atoms with Gasteiger partial charge in [-0.2, -0.15) is 13.2 Å². The molecule has 0 bridgehead atoms. The summed E-state index contributed by atoms with van der Waals surface area (Å²) < 4.78 is 43.0. The van der Waals surface area contributed by atoms with Gasteiger partial charge in [-0.05, 0) is 42.0 Å². The summed E-state index contributed by atoms with van der Waals surface area (Å²) in [6.45, 7) is 2.96. The zero-order chi connectivity index (χ0) is 21.6. The Balaban J connectivity index is 1.47. The van der Waals surface area contributed by atoms with Gasteiger partial charge >= 0.3 is 6.18 Å². The van der Waals surface area contributed by atoms with Gasteiger partial charge in [-0.25, -0.2) is 0 Å². The largest absolute Gasteiger partial charge is 0.416 e. The van der Waals surface area contributed by atoms with E-state index in [1.165, 1.54) is 12.1 Å². The third kappa shape index (κ3) is 6.57. The Morgan fingerprint density at radius 3 is 1.93 bits per heavy atom. The van der Waals surface area contributed by atoms with Crippen LogP contribution in [0.5, 0.6) is 0 Å². The first-order chi connectivity index (χ1) is 14.3. The maximum Gasteiger partial charge on any atom is 0.416 e. The molecule has 2 amide bonds. The van der Waals surface area contributed by atoms with Gasteiger partial charge in [-0.3, -0.25) is 14.5 Å². The summed E-state index contributed by atoms with van der Waals surface area (Å²) in [6, 6.07) is 11.1. The molecule has 30 heavy (non-hydrogen) atoms. The Kier molecular flexibility index (Phi) is 7.07. The van der Waals surface area contributed by atoms with E-state index in [1.54, 1.807) is 24.3 Å². The van der Waals surface area contributed by atoms with E-state index in [1.807, 2.05) is 4.90 Å². The fourth-order valence-corrected chi connectivity index (χ4v) is 3.00. The molecule has 9 heteroatoms. The molecule has 1 aliphatic heterocycles. The summed E-state index contributed by atoms with van der Waals surface area (Å²) in [5.41, 5.74) is 0.859. The van der Waals surface area contributed by atoms with Gasteiger partial charge in [-0.15, -0.1) is 0 Å². The number of rotatable bonds is 6. The van der Waals surface area contributed by atoms with Crippen LogP contribution >= 0.6 is 0 Å². The number of ether oxygens (including phenoxy) is 1. The average molecular weight is 421 g/mol. The molecule has 0 aliphatic carbocycles. The van der Waals surface area contributed by atoms with Crippen LogP contribution in [0.2, 0.25) is 0 Å². The summed E-state index contributed by atoms with van der Waals surface area (Å²) in [5.74, 6) is -0.477. The molecule has 1 aliphatic rings. The van der Waals surface area contributed by atoms with E-state index in [9.17, 15) is 22.8 Å². The first kappa shape index (κ1) is 21.8. The number of anilines is 2. The van der Waals surface area contributed by atoms with Crippen LogP contribution in [0.4, 0.5) is 24.5 Å². The van der Waals surface area contributed by atoms with Gasteiger partial charge in [0, 0.05) is 24.5 Å². The van der Waals surface area contributed by atoms with Gasteiger partial charge in [0.15, 0.2) is 0 Å². The standard InChI is InChI=1S/C21H22F3N3O3/c22-21(23,24)16-3-1-15(2-4-16)13-19(28)25-17-5-7-18(8-6-17)26-20(29)14-27-9-11-30-12-10-27/h1-8H,9-14H2,(H,25,28)(H,26,29). The number of halogens is 3. The molecule has 6 nitrogen and oxygen atoms in total. The Labute approximate surface area is 172 Å². The van der Waals surface area contributed by atoms with Crippen LogP contribution in [0.3, 0.4) is 0 Å². The Hall–Kier alpha value is -2.91. The number of nitrogens with one attached hydrogen (secondary N) is 2. The first-order valence-electron chi connectivity index (χ1n) is 9.45. The average Bonchev–Trinajstić information content (AvgIpc) is 2.70. The molecule has 0 aromatic heterocycles. The van der Waals surface area contributed by atoms with Crippen molar-refractivity contribution in [1.29, 1.82) is 0 Å². The second-order valence-electron chi connectivity index (χ2n) is 6.93. The quantitative estimate of drug-likeness (QED) is 0.752. The van der Waals surface area contributed by atoms with E-state index in [0.717, 1.165) is 25.2 Å². The maximum absolute atomic E-state index is 12.6. The second kappa shape index (κ2) is 9.73. The van der Waals surface area contributed by atoms with Crippen LogP contribution in [0.1, 0.15) is 11.1 Å². The molecule has 2 aromatic carbocycles. The number of morpholine rings is 1. The van der Waals surface area contributed by atoms with Crippen LogP contribution in [-0.4, -0.2) is 49.6 Å². The minimum absolute atomic E-state index is 0.0455. The van der Waals surface area contributed by atoms with Gasteiger partial charge in [0.05, 0.1) is 31.7 Å². The monoisotopic (exact) mass is 421 g/mol. The molecule has 2 aromatic rings. The van der Waals surface area contributed by atoms with Crippen molar-refractivity contribution in [3.63, 3.8) is 0 Å². The summed E-state index contributed by atoms with van der Waals surface area (Å²) in [4.78, 5) is 26.2. The Morgan fingerprint density at radius 2 is 1.40 bits per heavy atom. The molecular formula is C21H22F3N3O3. The number of hydrogen-bond acceptors (Lipinski definition) is 4. The van der Waals surface area contributed by atoms with Crippen LogP contribution in [0.15, 0.2) is 48.5 Å². The summed E-state index contributed by atoms with van der Waals surface area (Å²) in [7, 11) is 0. The lowest BCUT2D eigenvalue weighted by Gasteiger charge is -2.25. The lowest BCUT2D eigenvalue weighted by atomic mass is 10.1. The van der Waals surface area contributed by atoms with Crippen LogP contribution in [-0.2, 0) is 26.9 Å². The first-order valence-corrected chi connectivity index (χ1v) is 9.45. The van der Waals surface area contributed by atoms with Gasteiger partial charge in [0.1, 0.15) is 0 Å². The molecular weight excluding hydrogens is 399 g/mol. The maximum atomic E-state index is 12.6. The summed E-state index contributed by atoms with van der Waals surface area (Å²) in [6.07, 6.45) is -4.45. The Bertz CT molecular complexity index is 862. The molecule has 1 fully saturated rings. The highest BCUT2D eigenvalue weighted by Gasteiger charge is 2.29. The van der Waals surface area contributed by atoms with E-state index in [2.05, 4.69) is 10.6 Å². The van der Waals surface area contributed by atoms with Gasteiger partial charge in [-0.1, -0.05) is 12.1 Å². The highest BCUT2D eigenvalue weighted by atomic mass is 19.4. The highest BCUT2D eigenvalue weighted by molar-refractivity contribution is 5.94. The SMILES string of the molecule is O=C(Cc1ccc(C(F)(F)F)cc1)Nc1ccc(NC(=O)CN2CCOCC2)cc1. The van der Waals surface area contributed by atoms with Crippen molar-refractivity contribution >= 4 is 23.2 Å². The second-order valence-corrected chi connectivity index (χ2v) is 6.93. The zero-order valence-corrected chi connectivity index (χ0v) is 16.2. The number of nitrogens with zero attached hydrogens (tertiary/aromatic N) is 1. The van der Waals surface area contributed by atoms with Crippen molar-refractivity contribution in [2.75, 3.05) is 43.5 Å². The number of carbonyl (C=O) groups excluding carboxylic acids is 2. The Morgan fingerprint density at radius 1 is 0.867 bits per heavy atom. The summed E-state index contributed by atoms with van der Waals surface area (Å²) >= 11 is 0. The summed E-state index contributed by atoms with van der Waals surface area (Å²) in [5, 5.41) is 5.49. The molecule has 2 N–H and O–H groups in total. The third-order valence-corrected chi connectivity index (χ3v) is 4.57. The van der Waals surface area contributed by atoms with E-state index >= 15 is 0 Å². The third-order valence-electron chi connectivity index (χ3n) is 4.57. The fourth-order valence-electron chi connectivity index (χ4n) is 3.00. The molecule has 0 saturated carbocycles. The predicted octanol–water partition coefficient (Wildman–Crippen LogP) is 3.16. The van der Waals surface area contributed by atoms with Crippen molar-refractivity contribution in [3.8, 4) is 0 Å². The van der Waals surface area contributed by atoms with Crippen LogP contribution in [0.25, 0.3) is 0 Å². The van der Waals surface area contributed by atoms with Crippen molar-refractivity contribution in [2.45, 2.75) is 12.6 Å². The lowest BCUT2D eigenvalue weighted by Crippen LogP contribution is -2.41. The zero-order valence-electron chi connectivity index (χ0n) is 16.2. The molecule has 0 spiro atoms. The van der Waals surface area contributed by atoms with Gasteiger partial charge < -0.3 is 15.4 Å². The molecule has 0 unspecified atom stereocenters. The van der Waals surface area contributed by atoms with Crippen molar-refractivity contribution < 1.29 is 27.5 Å². The molecule has 1 saturated heterocycles. The topological polar surface area (TPSA) is 70.7 Å². The number of amides is 2. The molecule has 160 valence electrons. The molecule has 3 rings (SSSR count). The molecule has 0 atom stereocenters. The highest BCUT2D eigenvalue weighted by Crippen LogP contribution is 2.29. The smallest absolute Gasteiger partial charge is 0.379 e. The number of alkyl halides is 3. The number of hydrogen-bond donors (Lipinski definition) is 2. The van der Waals surface area contributed by atoms with E-state index in [4.69, 9.17) is 4.74 Å². The molecule has 1 heterocycles. The van der Waals surface area contributed by atoms with E-state index < -0.39 is 11.7 Å². The van der Waals surface area contributed by atoms with Crippen molar-refractivity contribution in [3.05, 3.63) is 59.7 Å². The van der Waals surface area contributed by atoms with Gasteiger partial charge in [0.25, 0.3) is 0 Å². The number of carbonyl (C=O) groups is 2. The fraction of sp³-hybridized carbons (Fsp3) is 0.333. The van der Waals surface area contributed by atoms with Crippen molar-refractivity contribution in [1.82, 2.24) is 4.90 Å². The molecule has 0 radical (unpaired) electrons. The van der Waals surface area contributed by atoms with Gasteiger partial charge in [0.2, 0.25) is 11.8 Å². The minimum Gasteiger partial charge on any atom is -0.379 e. The normalized spacial score (nSPS) is 14.9.